The maximum atomic E-state index is 3.55. The van der Waals surface area contributed by atoms with Crippen molar-refractivity contribution in [3.05, 3.63) is 34.4 Å². The normalized spacial score (nSPS) is 17.4. The Morgan fingerprint density at radius 2 is 1.94 bits per heavy atom. The average Bonchev–Trinajstić information content (AvgIpc) is 2.67. The lowest BCUT2D eigenvalue weighted by molar-refractivity contribution is 0.221. The van der Waals surface area contributed by atoms with Gasteiger partial charge in [0.05, 0.1) is 0 Å². The number of rotatable bonds is 2. The van der Waals surface area contributed by atoms with E-state index in [1.54, 1.807) is 0 Å². The van der Waals surface area contributed by atoms with Crippen molar-refractivity contribution in [1.29, 1.82) is 0 Å². The van der Waals surface area contributed by atoms with Gasteiger partial charge in [-0.2, -0.15) is 0 Å². The van der Waals surface area contributed by atoms with E-state index in [1.807, 2.05) is 0 Å². The molecule has 0 bridgehead atoms. The second kappa shape index (κ2) is 5.06. The molecule has 0 aliphatic carbocycles. The lowest BCUT2D eigenvalue weighted by Crippen LogP contribution is -2.28. The Hall–Kier alpha value is -0.800. The van der Waals surface area contributed by atoms with Crippen molar-refractivity contribution < 1.29 is 0 Å². The summed E-state index contributed by atoms with van der Waals surface area (Å²) in [6, 6.07) is 6.58. The van der Waals surface area contributed by atoms with Gasteiger partial charge in [0, 0.05) is 35.2 Å². The number of piperidine rings is 1. The van der Waals surface area contributed by atoms with Gasteiger partial charge in [-0.25, -0.2) is 0 Å². The Morgan fingerprint density at radius 3 is 2.72 bits per heavy atom. The Kier molecular flexibility index (Phi) is 3.44. The molecule has 0 saturated carbocycles. The zero-order valence-corrected chi connectivity index (χ0v) is 12.4. The molecule has 0 N–H and O–H groups in total. The van der Waals surface area contributed by atoms with Gasteiger partial charge in [-0.3, -0.25) is 4.90 Å². The van der Waals surface area contributed by atoms with Gasteiger partial charge in [-0.15, -0.1) is 0 Å². The number of hydrogen-bond acceptors (Lipinski definition) is 1. The molecule has 1 aliphatic heterocycles. The van der Waals surface area contributed by atoms with Crippen LogP contribution in [0.3, 0.4) is 0 Å². The Bertz CT molecular complexity index is 553. The molecule has 3 rings (SSSR count). The molecule has 2 aromatic rings. The number of fused-ring (bicyclic) bond motifs is 1. The molecular formula is C15H19BrN2. The van der Waals surface area contributed by atoms with Gasteiger partial charge in [0.25, 0.3) is 0 Å². The highest BCUT2D eigenvalue weighted by atomic mass is 79.9. The van der Waals surface area contributed by atoms with E-state index in [4.69, 9.17) is 0 Å². The fourth-order valence-electron chi connectivity index (χ4n) is 2.93. The van der Waals surface area contributed by atoms with E-state index in [0.29, 0.717) is 0 Å². The van der Waals surface area contributed by atoms with Crippen LogP contribution in [-0.4, -0.2) is 22.6 Å². The monoisotopic (exact) mass is 306 g/mol. The lowest BCUT2D eigenvalue weighted by Gasteiger charge is -2.26. The first kappa shape index (κ1) is 12.2. The largest absolute Gasteiger partial charge is 0.350 e. The Labute approximate surface area is 117 Å². The highest BCUT2D eigenvalue weighted by molar-refractivity contribution is 9.10. The zero-order chi connectivity index (χ0) is 12.5. The summed E-state index contributed by atoms with van der Waals surface area (Å²) in [5.74, 6) is 0. The Morgan fingerprint density at radius 1 is 1.17 bits per heavy atom. The molecule has 1 aromatic heterocycles. The molecule has 1 aromatic carbocycles. The minimum absolute atomic E-state index is 1.10. The van der Waals surface area contributed by atoms with Gasteiger partial charge in [0.15, 0.2) is 0 Å². The summed E-state index contributed by atoms with van der Waals surface area (Å²) in [4.78, 5) is 2.58. The van der Waals surface area contributed by atoms with Crippen molar-refractivity contribution in [2.75, 3.05) is 13.1 Å². The molecule has 0 atom stereocenters. The third-order valence-electron chi connectivity index (χ3n) is 3.88. The van der Waals surface area contributed by atoms with Crippen molar-refractivity contribution in [2.45, 2.75) is 25.8 Å². The van der Waals surface area contributed by atoms with Gasteiger partial charge >= 0.3 is 0 Å². The van der Waals surface area contributed by atoms with Crippen LogP contribution in [-0.2, 0) is 13.6 Å². The van der Waals surface area contributed by atoms with Crippen LogP contribution in [0.25, 0.3) is 10.9 Å². The zero-order valence-electron chi connectivity index (χ0n) is 10.8. The first-order chi connectivity index (χ1) is 8.74. The quantitative estimate of drug-likeness (QED) is 0.816. The fourth-order valence-corrected chi connectivity index (χ4v) is 3.27. The van der Waals surface area contributed by atoms with Crippen LogP contribution in [0.15, 0.2) is 28.9 Å². The Balaban J connectivity index is 1.91. The van der Waals surface area contributed by atoms with Gasteiger partial charge in [0.1, 0.15) is 0 Å². The van der Waals surface area contributed by atoms with E-state index in [1.165, 1.54) is 48.8 Å². The van der Waals surface area contributed by atoms with E-state index in [9.17, 15) is 0 Å². The molecule has 18 heavy (non-hydrogen) atoms. The second-order valence-corrected chi connectivity index (χ2v) is 6.18. The molecule has 0 radical (unpaired) electrons. The van der Waals surface area contributed by atoms with E-state index >= 15 is 0 Å². The predicted octanol–water partition coefficient (Wildman–Crippen LogP) is 3.93. The van der Waals surface area contributed by atoms with Crippen molar-refractivity contribution in [3.63, 3.8) is 0 Å². The van der Waals surface area contributed by atoms with Gasteiger partial charge in [-0.1, -0.05) is 28.4 Å². The van der Waals surface area contributed by atoms with E-state index < -0.39 is 0 Å². The first-order valence-corrected chi connectivity index (χ1v) is 7.49. The molecule has 0 amide bonds. The third-order valence-corrected chi connectivity index (χ3v) is 4.37. The van der Waals surface area contributed by atoms with Crippen LogP contribution in [0.5, 0.6) is 0 Å². The summed E-state index contributed by atoms with van der Waals surface area (Å²) < 4.78 is 3.39. The van der Waals surface area contributed by atoms with Crippen LogP contribution in [0.4, 0.5) is 0 Å². The van der Waals surface area contributed by atoms with Gasteiger partial charge in [-0.05, 0) is 43.6 Å². The predicted molar refractivity (Wildman–Crippen MR) is 79.7 cm³/mol. The standard InChI is InChI=1S/C15H19BrN2/c1-17-10-12(11-18-7-3-2-4-8-18)14-6-5-13(16)9-15(14)17/h5-6,9-10H,2-4,7-8,11H2,1H3. The molecular weight excluding hydrogens is 288 g/mol. The second-order valence-electron chi connectivity index (χ2n) is 5.26. The van der Waals surface area contributed by atoms with Crippen molar-refractivity contribution in [2.24, 2.45) is 7.05 Å². The molecule has 1 fully saturated rings. The number of aromatic nitrogens is 1. The van der Waals surface area contributed by atoms with Crippen LogP contribution in [0, 0.1) is 0 Å². The fraction of sp³-hybridized carbons (Fsp3) is 0.467. The number of likely N-dealkylation sites (tertiary alicyclic amines) is 1. The summed E-state index contributed by atoms with van der Waals surface area (Å²) in [6.07, 6.45) is 6.40. The highest BCUT2D eigenvalue weighted by Gasteiger charge is 2.13. The van der Waals surface area contributed by atoms with Crippen LogP contribution >= 0.6 is 15.9 Å². The summed E-state index contributed by atoms with van der Waals surface area (Å²) >= 11 is 3.55. The molecule has 1 aliphatic rings. The van der Waals surface area contributed by atoms with Gasteiger partial charge in [0.2, 0.25) is 0 Å². The summed E-state index contributed by atoms with van der Waals surface area (Å²) in [7, 11) is 2.13. The smallest absolute Gasteiger partial charge is 0.0492 e. The van der Waals surface area contributed by atoms with Crippen molar-refractivity contribution in [1.82, 2.24) is 9.47 Å². The molecule has 3 heteroatoms. The third kappa shape index (κ3) is 2.34. The topological polar surface area (TPSA) is 8.17 Å². The summed E-state index contributed by atoms with van der Waals surface area (Å²) in [6.45, 7) is 3.61. The summed E-state index contributed by atoms with van der Waals surface area (Å²) in [5.41, 5.74) is 2.78. The van der Waals surface area contributed by atoms with Crippen LogP contribution < -0.4 is 0 Å². The molecule has 1 saturated heterocycles. The van der Waals surface area contributed by atoms with Crippen LogP contribution in [0.2, 0.25) is 0 Å². The number of halogens is 1. The highest BCUT2D eigenvalue weighted by Crippen LogP contribution is 2.26. The summed E-state index contributed by atoms with van der Waals surface area (Å²) in [5, 5.41) is 1.39. The molecule has 2 heterocycles. The van der Waals surface area contributed by atoms with Crippen LogP contribution in [0.1, 0.15) is 24.8 Å². The molecule has 96 valence electrons. The number of aryl methyl sites for hydroxylation is 1. The molecule has 2 nitrogen and oxygen atoms in total. The van der Waals surface area contributed by atoms with E-state index in [-0.39, 0.29) is 0 Å². The van der Waals surface area contributed by atoms with E-state index in [2.05, 4.69) is 56.8 Å². The molecule has 0 spiro atoms. The lowest BCUT2D eigenvalue weighted by atomic mass is 10.1. The minimum Gasteiger partial charge on any atom is -0.350 e. The number of benzene rings is 1. The maximum absolute atomic E-state index is 3.55. The number of hydrogen-bond donors (Lipinski definition) is 0. The minimum atomic E-state index is 1.10. The van der Waals surface area contributed by atoms with Crippen molar-refractivity contribution in [3.8, 4) is 0 Å². The first-order valence-electron chi connectivity index (χ1n) is 6.70. The van der Waals surface area contributed by atoms with Gasteiger partial charge < -0.3 is 4.57 Å². The maximum Gasteiger partial charge on any atom is 0.0492 e. The molecule has 0 unspecified atom stereocenters. The van der Waals surface area contributed by atoms with Crippen molar-refractivity contribution >= 4 is 26.8 Å². The average molecular weight is 307 g/mol. The SMILES string of the molecule is Cn1cc(CN2CCCCC2)c2ccc(Br)cc21. The van der Waals surface area contributed by atoms with E-state index in [0.717, 1.165) is 11.0 Å². The number of nitrogens with zero attached hydrogens (tertiary/aromatic N) is 2.